The number of aromatic nitrogens is 3. The van der Waals surface area contributed by atoms with Gasteiger partial charge in [-0.2, -0.15) is 4.98 Å². The third-order valence-electron chi connectivity index (χ3n) is 3.23. The largest absolute Gasteiger partial charge is 0.465 e. The minimum absolute atomic E-state index is 0.0739. The number of carboxylic acid groups (broad SMARTS) is 1. The zero-order valence-corrected chi connectivity index (χ0v) is 13.0. The van der Waals surface area contributed by atoms with Gasteiger partial charge in [-0.3, -0.25) is 15.9 Å². The first-order valence-electron chi connectivity index (χ1n) is 6.74. The standard InChI is InChI=1S/C14H10ClFN6O3/c15-8-5-6(1-2-9(8)16)22(25)11(17)7-3-4-18-12-10(7)19-13(20-12)21-14(23)24/h1-5,17,25H,(H,23,24)(H2,18,19,20,21). The van der Waals surface area contributed by atoms with Gasteiger partial charge in [-0.1, -0.05) is 11.6 Å². The van der Waals surface area contributed by atoms with Crippen LogP contribution in [-0.2, 0) is 0 Å². The molecule has 2 heterocycles. The van der Waals surface area contributed by atoms with Gasteiger partial charge in [0.05, 0.1) is 16.2 Å². The molecule has 3 aromatic rings. The molecule has 1 aromatic carbocycles. The van der Waals surface area contributed by atoms with Crippen LogP contribution in [0.25, 0.3) is 11.2 Å². The van der Waals surface area contributed by atoms with Gasteiger partial charge < -0.3 is 10.1 Å². The molecule has 3 rings (SSSR count). The van der Waals surface area contributed by atoms with E-state index in [-0.39, 0.29) is 39.2 Å². The fraction of sp³-hybridized carbons (Fsp3) is 0. The Bertz CT molecular complexity index is 992. The Morgan fingerprint density at radius 2 is 2.16 bits per heavy atom. The molecular formula is C14H10ClFN6O3. The van der Waals surface area contributed by atoms with Crippen molar-refractivity contribution in [3.8, 4) is 0 Å². The number of amidine groups is 1. The van der Waals surface area contributed by atoms with Gasteiger partial charge in [0.25, 0.3) is 0 Å². The van der Waals surface area contributed by atoms with E-state index in [0.717, 1.165) is 12.1 Å². The second kappa shape index (κ2) is 6.34. The van der Waals surface area contributed by atoms with Gasteiger partial charge in [-0.15, -0.1) is 0 Å². The molecular weight excluding hydrogens is 355 g/mol. The van der Waals surface area contributed by atoms with E-state index in [9.17, 15) is 14.4 Å². The zero-order chi connectivity index (χ0) is 18.1. The minimum atomic E-state index is -1.32. The number of fused-ring (bicyclic) bond motifs is 1. The van der Waals surface area contributed by atoms with Crippen molar-refractivity contribution in [2.45, 2.75) is 0 Å². The van der Waals surface area contributed by atoms with E-state index in [1.54, 1.807) is 0 Å². The lowest BCUT2D eigenvalue weighted by Crippen LogP contribution is -2.27. The summed E-state index contributed by atoms with van der Waals surface area (Å²) in [6.45, 7) is 0. The van der Waals surface area contributed by atoms with Crippen LogP contribution in [0.4, 0.5) is 20.8 Å². The van der Waals surface area contributed by atoms with Gasteiger partial charge in [0.15, 0.2) is 11.5 Å². The predicted octanol–water partition coefficient (Wildman–Crippen LogP) is 3.06. The van der Waals surface area contributed by atoms with Crippen molar-refractivity contribution >= 4 is 46.3 Å². The maximum Gasteiger partial charge on any atom is 0.411 e. The number of anilines is 2. The summed E-state index contributed by atoms with van der Waals surface area (Å²) in [5.74, 6) is -1.11. The quantitative estimate of drug-likeness (QED) is 0.275. The number of imidazole rings is 1. The molecule has 0 aliphatic heterocycles. The number of hydroxylamine groups is 1. The number of rotatable bonds is 3. The summed E-state index contributed by atoms with van der Waals surface area (Å²) in [6.07, 6.45) is 0.0312. The topological polar surface area (TPSA) is 138 Å². The van der Waals surface area contributed by atoms with Gasteiger partial charge in [0.2, 0.25) is 5.95 Å². The molecule has 1 amide bonds. The molecule has 0 saturated heterocycles. The molecule has 0 spiro atoms. The average molecular weight is 365 g/mol. The highest BCUT2D eigenvalue weighted by atomic mass is 35.5. The highest BCUT2D eigenvalue weighted by Gasteiger charge is 2.18. The third-order valence-corrected chi connectivity index (χ3v) is 3.52. The summed E-state index contributed by atoms with van der Waals surface area (Å²) in [4.78, 5) is 21.3. The molecule has 0 radical (unpaired) electrons. The van der Waals surface area contributed by atoms with Gasteiger partial charge in [-0.25, -0.2) is 19.2 Å². The van der Waals surface area contributed by atoms with E-state index in [1.165, 1.54) is 18.3 Å². The number of carbonyl (C=O) groups is 1. The van der Waals surface area contributed by atoms with Crippen LogP contribution in [0.5, 0.6) is 0 Å². The average Bonchev–Trinajstić information content (AvgIpc) is 2.97. The molecule has 0 aliphatic carbocycles. The van der Waals surface area contributed by atoms with Crippen molar-refractivity contribution in [1.29, 1.82) is 5.41 Å². The van der Waals surface area contributed by atoms with Crippen LogP contribution in [0.2, 0.25) is 5.02 Å². The summed E-state index contributed by atoms with van der Waals surface area (Å²) >= 11 is 5.68. The van der Waals surface area contributed by atoms with E-state index in [2.05, 4.69) is 15.0 Å². The summed E-state index contributed by atoms with van der Waals surface area (Å²) in [5, 5.41) is 29.5. The second-order valence-electron chi connectivity index (χ2n) is 4.83. The Labute approximate surface area is 144 Å². The number of H-pyrrole nitrogens is 1. The Hall–Kier alpha value is -3.24. The van der Waals surface area contributed by atoms with Gasteiger partial charge in [0.1, 0.15) is 5.82 Å². The lowest BCUT2D eigenvalue weighted by molar-refractivity contribution is 0.209. The minimum Gasteiger partial charge on any atom is -0.465 e. The Morgan fingerprint density at radius 1 is 1.40 bits per heavy atom. The molecule has 5 N–H and O–H groups in total. The lowest BCUT2D eigenvalue weighted by atomic mass is 10.2. The molecule has 0 fully saturated rings. The Kier molecular flexibility index (Phi) is 4.21. The number of nitrogens with one attached hydrogen (secondary N) is 3. The zero-order valence-electron chi connectivity index (χ0n) is 12.3. The van der Waals surface area contributed by atoms with Crippen molar-refractivity contribution < 1.29 is 19.5 Å². The van der Waals surface area contributed by atoms with Crippen LogP contribution in [0.3, 0.4) is 0 Å². The first-order valence-corrected chi connectivity index (χ1v) is 7.12. The molecule has 9 nitrogen and oxygen atoms in total. The molecule has 0 unspecified atom stereocenters. The monoisotopic (exact) mass is 364 g/mol. The number of nitrogens with zero attached hydrogens (tertiary/aromatic N) is 3. The molecule has 25 heavy (non-hydrogen) atoms. The fourth-order valence-electron chi connectivity index (χ4n) is 2.13. The van der Waals surface area contributed by atoms with Crippen LogP contribution in [-0.4, -0.2) is 37.2 Å². The third kappa shape index (κ3) is 3.20. The molecule has 128 valence electrons. The van der Waals surface area contributed by atoms with E-state index in [0.29, 0.717) is 5.06 Å². The highest BCUT2D eigenvalue weighted by Crippen LogP contribution is 2.24. The van der Waals surface area contributed by atoms with Crippen LogP contribution in [0.15, 0.2) is 30.5 Å². The lowest BCUT2D eigenvalue weighted by Gasteiger charge is -2.18. The molecule has 11 heteroatoms. The summed E-state index contributed by atoms with van der Waals surface area (Å²) in [5.41, 5.74) is 0.656. The maximum atomic E-state index is 13.2. The van der Waals surface area contributed by atoms with Crippen molar-refractivity contribution in [1.82, 2.24) is 15.0 Å². The fourth-order valence-corrected chi connectivity index (χ4v) is 2.30. The SMILES string of the molecule is N=C(c1ccnc2nc(NC(=O)O)[nH]c12)N(O)c1ccc(F)c(Cl)c1. The number of amides is 1. The number of hydrogen-bond acceptors (Lipinski definition) is 5. The van der Waals surface area contributed by atoms with E-state index in [4.69, 9.17) is 22.1 Å². The molecule has 0 atom stereocenters. The molecule has 0 aliphatic rings. The van der Waals surface area contributed by atoms with E-state index < -0.39 is 11.9 Å². The first-order chi connectivity index (χ1) is 11.9. The van der Waals surface area contributed by atoms with Gasteiger partial charge in [0, 0.05) is 11.8 Å². The molecule has 0 saturated carbocycles. The predicted molar refractivity (Wildman–Crippen MR) is 88.0 cm³/mol. The van der Waals surface area contributed by atoms with Crippen molar-refractivity contribution in [2.75, 3.05) is 10.4 Å². The Morgan fingerprint density at radius 3 is 2.84 bits per heavy atom. The second-order valence-corrected chi connectivity index (χ2v) is 5.24. The van der Waals surface area contributed by atoms with Crippen molar-refractivity contribution in [3.05, 3.63) is 46.9 Å². The number of pyridine rings is 1. The number of hydrogen-bond donors (Lipinski definition) is 5. The first kappa shape index (κ1) is 16.6. The molecule has 2 aromatic heterocycles. The van der Waals surface area contributed by atoms with Crippen molar-refractivity contribution in [2.24, 2.45) is 0 Å². The molecule has 0 bridgehead atoms. The van der Waals surface area contributed by atoms with Crippen LogP contribution in [0, 0.1) is 11.2 Å². The number of aromatic amines is 1. The van der Waals surface area contributed by atoms with E-state index >= 15 is 0 Å². The van der Waals surface area contributed by atoms with Gasteiger partial charge >= 0.3 is 6.09 Å². The summed E-state index contributed by atoms with van der Waals surface area (Å²) in [6, 6.07) is 4.90. The smallest absolute Gasteiger partial charge is 0.411 e. The normalized spacial score (nSPS) is 10.7. The summed E-state index contributed by atoms with van der Waals surface area (Å²) < 4.78 is 13.2. The number of benzene rings is 1. The van der Waals surface area contributed by atoms with Crippen LogP contribution >= 0.6 is 11.6 Å². The summed E-state index contributed by atoms with van der Waals surface area (Å²) in [7, 11) is 0. The van der Waals surface area contributed by atoms with Crippen LogP contribution < -0.4 is 10.4 Å². The van der Waals surface area contributed by atoms with Gasteiger partial charge in [-0.05, 0) is 24.3 Å². The Balaban J connectivity index is 1.99. The van der Waals surface area contributed by atoms with Crippen molar-refractivity contribution in [3.63, 3.8) is 0 Å². The highest BCUT2D eigenvalue weighted by molar-refractivity contribution is 6.31. The van der Waals surface area contributed by atoms with Crippen LogP contribution in [0.1, 0.15) is 5.56 Å². The van der Waals surface area contributed by atoms with E-state index in [1.807, 2.05) is 5.32 Å². The maximum absolute atomic E-state index is 13.2. The number of halogens is 2.